The van der Waals surface area contributed by atoms with Gasteiger partial charge in [0.05, 0.1) is 7.85 Å². The molecule has 1 heteroatoms. The van der Waals surface area contributed by atoms with E-state index in [0.717, 1.165) is 5.92 Å². The van der Waals surface area contributed by atoms with E-state index in [-0.39, 0.29) is 0 Å². The molecule has 1 aliphatic rings. The molecule has 1 rings (SSSR count). The fraction of sp³-hybridized carbons (Fsp3) is 1.00. The smallest absolute Gasteiger partial charge is 0.0703 e. The molecule has 0 unspecified atom stereocenters. The zero-order chi connectivity index (χ0) is 5.98. The van der Waals surface area contributed by atoms with Crippen LogP contribution in [0.15, 0.2) is 0 Å². The monoisotopic (exact) mass is 108 g/mol. The quantitative estimate of drug-likeness (QED) is 0.417. The van der Waals surface area contributed by atoms with Gasteiger partial charge in [0.15, 0.2) is 0 Å². The van der Waals surface area contributed by atoms with Crippen molar-refractivity contribution in [1.29, 1.82) is 0 Å². The first kappa shape index (κ1) is 6.19. The van der Waals surface area contributed by atoms with Gasteiger partial charge in [-0.2, -0.15) is 0 Å². The lowest BCUT2D eigenvalue weighted by Crippen LogP contribution is -2.10. The highest BCUT2D eigenvalue weighted by Crippen LogP contribution is 2.31. The van der Waals surface area contributed by atoms with Crippen molar-refractivity contribution in [2.75, 3.05) is 0 Å². The van der Waals surface area contributed by atoms with Gasteiger partial charge < -0.3 is 0 Å². The van der Waals surface area contributed by atoms with Crippen LogP contribution in [0.2, 0.25) is 5.82 Å². The van der Waals surface area contributed by atoms with Gasteiger partial charge in [0, 0.05) is 0 Å². The van der Waals surface area contributed by atoms with Crippen LogP contribution in [0.3, 0.4) is 0 Å². The van der Waals surface area contributed by atoms with Gasteiger partial charge in [-0.3, -0.25) is 0 Å². The molecule has 0 aromatic rings. The number of hydrogen-bond donors (Lipinski definition) is 0. The van der Waals surface area contributed by atoms with E-state index in [1.807, 2.05) is 0 Å². The lowest BCUT2D eigenvalue weighted by atomic mass is 9.69. The minimum Gasteiger partial charge on any atom is -0.0749 e. The predicted molar refractivity (Wildman–Crippen MR) is 37.1 cm³/mol. The van der Waals surface area contributed by atoms with Crippen molar-refractivity contribution in [3.8, 4) is 0 Å². The molecule has 0 N–H and O–H groups in total. The van der Waals surface area contributed by atoms with E-state index in [2.05, 4.69) is 6.92 Å². The van der Waals surface area contributed by atoms with Crippen LogP contribution in [-0.4, -0.2) is 7.85 Å². The Morgan fingerprint density at radius 3 is 2.25 bits per heavy atom. The molecule has 44 valence electrons. The second kappa shape index (κ2) is 2.57. The van der Waals surface area contributed by atoms with E-state index in [1.54, 1.807) is 0 Å². The maximum atomic E-state index is 5.78. The maximum absolute atomic E-state index is 5.78. The Balaban J connectivity index is 2.28. The van der Waals surface area contributed by atoms with E-state index in [1.165, 1.54) is 25.7 Å². The molecule has 2 radical (unpaired) electrons. The van der Waals surface area contributed by atoms with Crippen LogP contribution >= 0.6 is 0 Å². The van der Waals surface area contributed by atoms with E-state index >= 15 is 0 Å². The molecule has 0 bridgehead atoms. The second-order valence-corrected chi connectivity index (χ2v) is 2.93. The summed E-state index contributed by atoms with van der Waals surface area (Å²) >= 11 is 0. The summed E-state index contributed by atoms with van der Waals surface area (Å²) in [4.78, 5) is 0. The van der Waals surface area contributed by atoms with Crippen molar-refractivity contribution in [3.63, 3.8) is 0 Å². The predicted octanol–water partition coefficient (Wildman–Crippen LogP) is 2.15. The molecule has 2 atom stereocenters. The van der Waals surface area contributed by atoms with Crippen LogP contribution in [-0.2, 0) is 0 Å². The lowest BCUT2D eigenvalue weighted by molar-refractivity contribution is 0.386. The van der Waals surface area contributed by atoms with Crippen molar-refractivity contribution in [1.82, 2.24) is 0 Å². The molecule has 0 nitrogen and oxygen atoms in total. The van der Waals surface area contributed by atoms with E-state index in [9.17, 15) is 0 Å². The molecular weight excluding hydrogens is 94.9 g/mol. The topological polar surface area (TPSA) is 0 Å². The second-order valence-electron chi connectivity index (χ2n) is 2.93. The van der Waals surface area contributed by atoms with Crippen LogP contribution < -0.4 is 0 Å². The van der Waals surface area contributed by atoms with E-state index in [4.69, 9.17) is 7.85 Å². The molecule has 1 saturated carbocycles. The molecule has 0 saturated heterocycles. The average molecular weight is 108 g/mol. The van der Waals surface area contributed by atoms with Gasteiger partial charge in [-0.15, -0.1) is 0 Å². The summed E-state index contributed by atoms with van der Waals surface area (Å²) in [6, 6.07) is 0. The van der Waals surface area contributed by atoms with Crippen LogP contribution in [0.4, 0.5) is 0 Å². The molecule has 1 aliphatic carbocycles. The first-order chi connectivity index (χ1) is 3.80. The Bertz CT molecular complexity index is 60.8. The SMILES string of the molecule is [B][C@H]1CCCC[C@H]1C. The molecule has 0 aromatic carbocycles. The normalized spacial score (nSPS) is 39.6. The van der Waals surface area contributed by atoms with Gasteiger partial charge in [0.1, 0.15) is 0 Å². The Hall–Kier alpha value is 0.0649. The molecule has 0 amide bonds. The first-order valence-electron chi connectivity index (χ1n) is 3.56. The van der Waals surface area contributed by atoms with Gasteiger partial charge in [-0.05, 0) is 5.92 Å². The highest BCUT2D eigenvalue weighted by Gasteiger charge is 2.15. The Kier molecular flexibility index (Phi) is 1.98. The average Bonchev–Trinajstić information content (AvgIpc) is 1.77. The fourth-order valence-electron chi connectivity index (χ4n) is 1.34. The van der Waals surface area contributed by atoms with Crippen LogP contribution in [0.25, 0.3) is 0 Å². The van der Waals surface area contributed by atoms with Crippen molar-refractivity contribution >= 4 is 7.85 Å². The van der Waals surface area contributed by atoms with Gasteiger partial charge in [0.25, 0.3) is 0 Å². The Labute approximate surface area is 53.1 Å². The molecule has 0 heterocycles. The van der Waals surface area contributed by atoms with E-state index < -0.39 is 0 Å². The maximum Gasteiger partial charge on any atom is 0.0703 e. The zero-order valence-corrected chi connectivity index (χ0v) is 5.56. The largest absolute Gasteiger partial charge is 0.0749 e. The highest BCUT2D eigenvalue weighted by molar-refractivity contribution is 6.11. The molecule has 0 aromatic heterocycles. The zero-order valence-electron chi connectivity index (χ0n) is 5.56. The Morgan fingerprint density at radius 2 is 1.88 bits per heavy atom. The van der Waals surface area contributed by atoms with E-state index in [0.29, 0.717) is 5.82 Å². The highest BCUT2D eigenvalue weighted by atomic mass is 14.2. The summed E-state index contributed by atoms with van der Waals surface area (Å²) in [7, 11) is 5.78. The van der Waals surface area contributed by atoms with Crippen LogP contribution in [0, 0.1) is 5.92 Å². The standard InChI is InChI=1S/C7H13B/c1-6-4-2-3-5-7(6)8/h6-7H,2-5H2,1H3/t6-,7+/m1/s1. The van der Waals surface area contributed by atoms with Crippen molar-refractivity contribution in [3.05, 3.63) is 0 Å². The summed E-state index contributed by atoms with van der Waals surface area (Å²) in [5.74, 6) is 1.28. The van der Waals surface area contributed by atoms with Gasteiger partial charge >= 0.3 is 0 Å². The van der Waals surface area contributed by atoms with Gasteiger partial charge in [-0.25, -0.2) is 0 Å². The molecule has 0 aliphatic heterocycles. The molecular formula is C7H13B. The fourth-order valence-corrected chi connectivity index (χ4v) is 1.34. The molecule has 8 heavy (non-hydrogen) atoms. The molecule has 1 fully saturated rings. The first-order valence-corrected chi connectivity index (χ1v) is 3.56. The Morgan fingerprint density at radius 1 is 1.25 bits per heavy atom. The molecule has 0 spiro atoms. The van der Waals surface area contributed by atoms with Crippen molar-refractivity contribution in [2.45, 2.75) is 38.4 Å². The summed E-state index contributed by atoms with van der Waals surface area (Å²) in [6.45, 7) is 2.25. The summed E-state index contributed by atoms with van der Waals surface area (Å²) in [6.07, 6.45) is 5.35. The third-order valence-corrected chi connectivity index (χ3v) is 2.18. The third-order valence-electron chi connectivity index (χ3n) is 2.18. The van der Waals surface area contributed by atoms with Crippen LogP contribution in [0.5, 0.6) is 0 Å². The minimum absolute atomic E-state index is 0.503. The summed E-state index contributed by atoms with van der Waals surface area (Å²) in [5, 5.41) is 0. The van der Waals surface area contributed by atoms with Crippen molar-refractivity contribution < 1.29 is 0 Å². The van der Waals surface area contributed by atoms with Crippen LogP contribution in [0.1, 0.15) is 32.6 Å². The number of rotatable bonds is 0. The third kappa shape index (κ3) is 1.27. The number of hydrogen-bond acceptors (Lipinski definition) is 0. The lowest BCUT2D eigenvalue weighted by Gasteiger charge is -2.24. The van der Waals surface area contributed by atoms with Gasteiger partial charge in [-0.1, -0.05) is 38.4 Å². The van der Waals surface area contributed by atoms with Crippen molar-refractivity contribution in [2.24, 2.45) is 5.92 Å². The summed E-state index contributed by atoms with van der Waals surface area (Å²) < 4.78 is 0. The minimum atomic E-state index is 0.503. The van der Waals surface area contributed by atoms with Gasteiger partial charge in [0.2, 0.25) is 0 Å². The summed E-state index contributed by atoms with van der Waals surface area (Å²) in [5.41, 5.74) is 0.